The van der Waals surface area contributed by atoms with Gasteiger partial charge >= 0.3 is 0 Å². The van der Waals surface area contributed by atoms with E-state index in [1.807, 2.05) is 6.92 Å². The summed E-state index contributed by atoms with van der Waals surface area (Å²) in [6, 6.07) is 6.48. The Morgan fingerprint density at radius 1 is 1.53 bits per heavy atom. The van der Waals surface area contributed by atoms with Gasteiger partial charge in [0.05, 0.1) is 0 Å². The Balaban J connectivity index is 2.11. The van der Waals surface area contributed by atoms with Crippen molar-refractivity contribution in [2.45, 2.75) is 32.2 Å². The molecular weight excluding hydrogens is 304 g/mol. The number of anilines is 1. The molecule has 0 aromatic heterocycles. The molecule has 1 aromatic carbocycles. The van der Waals surface area contributed by atoms with Crippen molar-refractivity contribution in [3.05, 3.63) is 28.2 Å². The van der Waals surface area contributed by atoms with Crippen LogP contribution in [0.4, 0.5) is 5.69 Å². The van der Waals surface area contributed by atoms with Gasteiger partial charge in [0.25, 0.3) is 0 Å². The quantitative estimate of drug-likeness (QED) is 0.894. The van der Waals surface area contributed by atoms with Gasteiger partial charge in [0.15, 0.2) is 0 Å². The minimum atomic E-state index is 0.0481. The summed E-state index contributed by atoms with van der Waals surface area (Å²) in [5.41, 5.74) is 8.33. The van der Waals surface area contributed by atoms with Crippen LogP contribution >= 0.6 is 15.9 Å². The summed E-state index contributed by atoms with van der Waals surface area (Å²) in [4.78, 5) is 2.42. The second-order valence-corrected chi connectivity index (χ2v) is 6.32. The fraction of sp³-hybridized carbons (Fsp3) is 0.600. The van der Waals surface area contributed by atoms with Crippen LogP contribution in [0.2, 0.25) is 0 Å². The predicted molar refractivity (Wildman–Crippen MR) is 83.4 cm³/mol. The number of piperidine rings is 1. The molecule has 1 fully saturated rings. The molecule has 0 aliphatic carbocycles. The standard InChI is InChI=1S/C15H23BrN2O/c1-11(17)14-5-4-13(9-15(14)16)18-7-2-3-12(10-18)6-8-19/h4-5,9,11-12,19H,2-3,6-8,10,17H2,1H3/t11-,12?/m1/s1. The molecule has 1 aromatic rings. The molecule has 106 valence electrons. The van der Waals surface area contributed by atoms with Gasteiger partial charge in [-0.3, -0.25) is 0 Å². The molecule has 1 unspecified atom stereocenters. The number of hydrogen-bond acceptors (Lipinski definition) is 3. The Labute approximate surface area is 123 Å². The van der Waals surface area contributed by atoms with Crippen LogP contribution in [0.25, 0.3) is 0 Å². The normalized spacial score (nSPS) is 21.5. The SMILES string of the molecule is C[C@@H](N)c1ccc(N2CCCC(CCO)C2)cc1Br. The molecule has 3 nitrogen and oxygen atoms in total. The Hall–Kier alpha value is -0.580. The number of nitrogens with zero attached hydrogens (tertiary/aromatic N) is 1. The maximum absolute atomic E-state index is 9.08. The second-order valence-electron chi connectivity index (χ2n) is 5.46. The van der Waals surface area contributed by atoms with Gasteiger partial charge in [-0.05, 0) is 49.8 Å². The van der Waals surface area contributed by atoms with Crippen LogP contribution in [-0.4, -0.2) is 24.8 Å². The minimum absolute atomic E-state index is 0.0481. The summed E-state index contributed by atoms with van der Waals surface area (Å²) in [5.74, 6) is 0.616. The summed E-state index contributed by atoms with van der Waals surface area (Å²) in [6.45, 7) is 4.44. The zero-order chi connectivity index (χ0) is 13.8. The van der Waals surface area contributed by atoms with Gasteiger partial charge in [-0.15, -0.1) is 0 Å². The van der Waals surface area contributed by atoms with E-state index in [4.69, 9.17) is 10.8 Å². The van der Waals surface area contributed by atoms with E-state index in [0.29, 0.717) is 12.5 Å². The van der Waals surface area contributed by atoms with Crippen LogP contribution in [0.1, 0.15) is 37.8 Å². The monoisotopic (exact) mass is 326 g/mol. The molecular formula is C15H23BrN2O. The third-order valence-corrected chi connectivity index (χ3v) is 4.58. The van der Waals surface area contributed by atoms with Crippen molar-refractivity contribution >= 4 is 21.6 Å². The van der Waals surface area contributed by atoms with Crippen LogP contribution < -0.4 is 10.6 Å². The van der Waals surface area contributed by atoms with Crippen molar-refractivity contribution in [2.24, 2.45) is 11.7 Å². The van der Waals surface area contributed by atoms with Crippen LogP contribution in [0.15, 0.2) is 22.7 Å². The van der Waals surface area contributed by atoms with E-state index in [2.05, 4.69) is 39.0 Å². The van der Waals surface area contributed by atoms with E-state index in [1.54, 1.807) is 0 Å². The Morgan fingerprint density at radius 3 is 2.95 bits per heavy atom. The van der Waals surface area contributed by atoms with Crippen molar-refractivity contribution in [3.63, 3.8) is 0 Å². The molecule has 4 heteroatoms. The van der Waals surface area contributed by atoms with Gasteiger partial charge in [0.1, 0.15) is 0 Å². The first-order valence-corrected chi connectivity index (χ1v) is 7.82. The van der Waals surface area contributed by atoms with E-state index < -0.39 is 0 Å². The largest absolute Gasteiger partial charge is 0.396 e. The predicted octanol–water partition coefficient (Wildman–Crippen LogP) is 3.07. The molecule has 1 heterocycles. The van der Waals surface area contributed by atoms with Crippen molar-refractivity contribution in [1.82, 2.24) is 0 Å². The highest BCUT2D eigenvalue weighted by molar-refractivity contribution is 9.10. The molecule has 0 radical (unpaired) electrons. The molecule has 2 atom stereocenters. The van der Waals surface area contributed by atoms with E-state index in [-0.39, 0.29) is 6.04 Å². The minimum Gasteiger partial charge on any atom is -0.396 e. The number of rotatable bonds is 4. The number of aliphatic hydroxyl groups is 1. The van der Waals surface area contributed by atoms with Crippen molar-refractivity contribution in [1.29, 1.82) is 0 Å². The van der Waals surface area contributed by atoms with E-state index in [1.165, 1.54) is 18.5 Å². The summed E-state index contributed by atoms with van der Waals surface area (Å²) in [7, 11) is 0. The third kappa shape index (κ3) is 3.71. The molecule has 1 aliphatic rings. The van der Waals surface area contributed by atoms with Gasteiger partial charge in [-0.25, -0.2) is 0 Å². The Kier molecular flexibility index (Phi) is 5.25. The molecule has 2 rings (SSSR count). The van der Waals surface area contributed by atoms with Crippen LogP contribution in [0, 0.1) is 5.92 Å². The first-order chi connectivity index (χ1) is 9.11. The smallest absolute Gasteiger partial charge is 0.0434 e. The van der Waals surface area contributed by atoms with E-state index in [9.17, 15) is 0 Å². The van der Waals surface area contributed by atoms with Crippen molar-refractivity contribution in [3.8, 4) is 0 Å². The topological polar surface area (TPSA) is 49.5 Å². The highest BCUT2D eigenvalue weighted by atomic mass is 79.9. The number of hydrogen-bond donors (Lipinski definition) is 2. The molecule has 1 saturated heterocycles. The van der Waals surface area contributed by atoms with E-state index in [0.717, 1.165) is 29.5 Å². The van der Waals surface area contributed by atoms with Crippen molar-refractivity contribution in [2.75, 3.05) is 24.6 Å². The number of nitrogens with two attached hydrogens (primary N) is 1. The summed E-state index contributed by atoms with van der Waals surface area (Å²) < 4.78 is 1.09. The molecule has 1 aliphatic heterocycles. The first-order valence-electron chi connectivity index (χ1n) is 7.02. The van der Waals surface area contributed by atoms with Crippen molar-refractivity contribution < 1.29 is 5.11 Å². The molecule has 19 heavy (non-hydrogen) atoms. The lowest BCUT2D eigenvalue weighted by molar-refractivity contribution is 0.244. The lowest BCUT2D eigenvalue weighted by Crippen LogP contribution is -2.35. The number of halogens is 1. The first kappa shape index (κ1) is 14.8. The number of benzene rings is 1. The zero-order valence-electron chi connectivity index (χ0n) is 11.5. The van der Waals surface area contributed by atoms with Gasteiger partial charge in [-0.2, -0.15) is 0 Å². The van der Waals surface area contributed by atoms with Crippen LogP contribution in [0.3, 0.4) is 0 Å². The fourth-order valence-corrected chi connectivity index (χ4v) is 3.53. The molecule has 0 bridgehead atoms. The lowest BCUT2D eigenvalue weighted by atomic mass is 9.94. The highest BCUT2D eigenvalue weighted by Crippen LogP contribution is 2.30. The molecule has 0 saturated carbocycles. The third-order valence-electron chi connectivity index (χ3n) is 3.90. The lowest BCUT2D eigenvalue weighted by Gasteiger charge is -2.34. The van der Waals surface area contributed by atoms with Gasteiger partial charge in [-0.1, -0.05) is 22.0 Å². The zero-order valence-corrected chi connectivity index (χ0v) is 13.1. The average molecular weight is 327 g/mol. The molecule has 0 amide bonds. The highest BCUT2D eigenvalue weighted by Gasteiger charge is 2.20. The van der Waals surface area contributed by atoms with Crippen LogP contribution in [0.5, 0.6) is 0 Å². The number of aliphatic hydroxyl groups excluding tert-OH is 1. The van der Waals surface area contributed by atoms with E-state index >= 15 is 0 Å². The average Bonchev–Trinajstić information content (AvgIpc) is 2.39. The second kappa shape index (κ2) is 6.73. The summed E-state index contributed by atoms with van der Waals surface area (Å²) in [6.07, 6.45) is 3.35. The Morgan fingerprint density at radius 2 is 2.32 bits per heavy atom. The summed E-state index contributed by atoms with van der Waals surface area (Å²) in [5, 5.41) is 9.08. The fourth-order valence-electron chi connectivity index (χ4n) is 2.80. The van der Waals surface area contributed by atoms with Gasteiger partial charge in [0.2, 0.25) is 0 Å². The van der Waals surface area contributed by atoms with Gasteiger partial charge in [0, 0.05) is 35.9 Å². The molecule has 3 N–H and O–H groups in total. The Bertz CT molecular complexity index is 421. The molecule has 0 spiro atoms. The van der Waals surface area contributed by atoms with Crippen LogP contribution in [-0.2, 0) is 0 Å². The van der Waals surface area contributed by atoms with Gasteiger partial charge < -0.3 is 15.7 Å². The summed E-state index contributed by atoms with van der Waals surface area (Å²) >= 11 is 3.61. The maximum Gasteiger partial charge on any atom is 0.0434 e. The maximum atomic E-state index is 9.08.